The molecule has 2 saturated heterocycles. The number of amides is 1. The van der Waals surface area contributed by atoms with E-state index in [1.54, 1.807) is 0 Å². The molecular formula is C20H33N5O. The Hall–Kier alpha value is -1.40. The third kappa shape index (κ3) is 3.96. The Bertz CT molecular complexity index is 640. The molecule has 1 amide bonds. The van der Waals surface area contributed by atoms with Gasteiger partial charge in [-0.25, -0.2) is 0 Å². The van der Waals surface area contributed by atoms with Crippen molar-refractivity contribution in [2.45, 2.75) is 51.1 Å². The van der Waals surface area contributed by atoms with Gasteiger partial charge in [0.05, 0.1) is 12.2 Å². The van der Waals surface area contributed by atoms with E-state index in [-0.39, 0.29) is 5.54 Å². The number of rotatable bonds is 5. The lowest BCUT2D eigenvalue weighted by molar-refractivity contribution is -0.131. The molecule has 0 radical (unpaired) electrons. The van der Waals surface area contributed by atoms with E-state index in [4.69, 9.17) is 0 Å². The monoisotopic (exact) mass is 359 g/mol. The lowest BCUT2D eigenvalue weighted by Crippen LogP contribution is -2.61. The predicted molar refractivity (Wildman–Crippen MR) is 102 cm³/mol. The Labute approximate surface area is 157 Å². The Morgan fingerprint density at radius 2 is 2.04 bits per heavy atom. The summed E-state index contributed by atoms with van der Waals surface area (Å²) in [6, 6.07) is 2.07. The molecule has 2 aliphatic heterocycles. The average Bonchev–Trinajstić information content (AvgIpc) is 3.38. The van der Waals surface area contributed by atoms with E-state index in [1.807, 2.05) is 11.6 Å². The van der Waals surface area contributed by atoms with Crippen molar-refractivity contribution in [1.29, 1.82) is 0 Å². The smallest absolute Gasteiger partial charge is 0.222 e. The fourth-order valence-electron chi connectivity index (χ4n) is 4.60. The minimum absolute atomic E-state index is 0.159. The number of aryl methyl sites for hydroxylation is 1. The van der Waals surface area contributed by atoms with Crippen LogP contribution in [0.25, 0.3) is 0 Å². The molecule has 6 heteroatoms. The summed E-state index contributed by atoms with van der Waals surface area (Å²) in [7, 11) is 2.26. The number of likely N-dealkylation sites (tertiary alicyclic amines) is 1. The van der Waals surface area contributed by atoms with Crippen LogP contribution in [0.4, 0.5) is 0 Å². The van der Waals surface area contributed by atoms with Gasteiger partial charge in [-0.05, 0) is 51.6 Å². The van der Waals surface area contributed by atoms with Gasteiger partial charge in [-0.3, -0.25) is 19.3 Å². The Balaban J connectivity index is 1.37. The zero-order valence-corrected chi connectivity index (χ0v) is 16.4. The minimum atomic E-state index is 0.159. The second-order valence-electron chi connectivity index (χ2n) is 8.68. The van der Waals surface area contributed by atoms with Crippen molar-refractivity contribution in [3.05, 3.63) is 18.0 Å². The van der Waals surface area contributed by atoms with Gasteiger partial charge in [-0.2, -0.15) is 5.10 Å². The zero-order valence-electron chi connectivity index (χ0n) is 16.4. The highest BCUT2D eigenvalue weighted by Gasteiger charge is 2.42. The third-order valence-corrected chi connectivity index (χ3v) is 6.68. The molecule has 3 heterocycles. The maximum Gasteiger partial charge on any atom is 0.222 e. The lowest BCUT2D eigenvalue weighted by Gasteiger charge is -2.49. The first-order valence-electron chi connectivity index (χ1n) is 10.3. The molecule has 4 rings (SSSR count). The molecule has 0 aromatic carbocycles. The van der Waals surface area contributed by atoms with Crippen LogP contribution in [0.3, 0.4) is 0 Å². The summed E-state index contributed by atoms with van der Waals surface area (Å²) < 4.78 is 2.05. The summed E-state index contributed by atoms with van der Waals surface area (Å²) in [5.41, 5.74) is 1.24. The van der Waals surface area contributed by atoms with E-state index < -0.39 is 0 Å². The minimum Gasteiger partial charge on any atom is -0.342 e. The second-order valence-corrected chi connectivity index (χ2v) is 8.68. The number of hydrogen-bond donors (Lipinski definition) is 0. The topological polar surface area (TPSA) is 44.6 Å². The van der Waals surface area contributed by atoms with Crippen molar-refractivity contribution in [2.75, 3.05) is 46.3 Å². The van der Waals surface area contributed by atoms with E-state index in [0.29, 0.717) is 12.3 Å². The number of carbonyl (C=O) groups excluding carboxylic acids is 1. The molecular weight excluding hydrogens is 326 g/mol. The summed E-state index contributed by atoms with van der Waals surface area (Å²) in [6.07, 6.45) is 7.52. The van der Waals surface area contributed by atoms with Gasteiger partial charge in [0, 0.05) is 57.4 Å². The first-order chi connectivity index (χ1) is 12.5. The fourth-order valence-corrected chi connectivity index (χ4v) is 4.60. The largest absolute Gasteiger partial charge is 0.342 e. The number of likely N-dealkylation sites (N-methyl/N-ethyl adjacent to an activating group) is 1. The average molecular weight is 360 g/mol. The van der Waals surface area contributed by atoms with Gasteiger partial charge in [0.15, 0.2) is 0 Å². The normalized spacial score (nSPS) is 28.7. The molecule has 3 aliphatic rings. The Kier molecular flexibility index (Phi) is 5.06. The molecule has 3 fully saturated rings. The number of hydrogen-bond acceptors (Lipinski definition) is 4. The van der Waals surface area contributed by atoms with Crippen molar-refractivity contribution in [1.82, 2.24) is 24.5 Å². The van der Waals surface area contributed by atoms with Crippen LogP contribution in [0.5, 0.6) is 0 Å². The molecule has 0 N–H and O–H groups in total. The summed E-state index contributed by atoms with van der Waals surface area (Å²) in [5, 5.41) is 4.51. The van der Waals surface area contributed by atoms with Crippen LogP contribution in [0, 0.1) is 12.8 Å². The van der Waals surface area contributed by atoms with E-state index in [2.05, 4.69) is 39.1 Å². The van der Waals surface area contributed by atoms with E-state index >= 15 is 0 Å². The molecule has 1 aromatic rings. The van der Waals surface area contributed by atoms with Crippen LogP contribution in [0.1, 0.15) is 37.8 Å². The number of piperazine rings is 1. The van der Waals surface area contributed by atoms with Gasteiger partial charge >= 0.3 is 0 Å². The third-order valence-electron chi connectivity index (χ3n) is 6.68. The maximum absolute atomic E-state index is 12.6. The van der Waals surface area contributed by atoms with Crippen LogP contribution in [0.2, 0.25) is 0 Å². The molecule has 1 saturated carbocycles. The van der Waals surface area contributed by atoms with Gasteiger partial charge in [-0.1, -0.05) is 0 Å². The number of aromatic nitrogens is 2. The molecule has 144 valence electrons. The highest BCUT2D eigenvalue weighted by atomic mass is 16.2. The van der Waals surface area contributed by atoms with Gasteiger partial charge in [-0.15, -0.1) is 0 Å². The van der Waals surface area contributed by atoms with E-state index in [9.17, 15) is 4.79 Å². The SMILES string of the molecule is Cc1ccn(CCN2CCN(C)C3(CCC(=O)N(CC4CC4)CC3)C2)n1. The highest BCUT2D eigenvalue weighted by molar-refractivity contribution is 5.76. The molecule has 1 unspecified atom stereocenters. The second kappa shape index (κ2) is 7.31. The Morgan fingerprint density at radius 1 is 1.19 bits per heavy atom. The van der Waals surface area contributed by atoms with Crippen LogP contribution in [-0.2, 0) is 11.3 Å². The van der Waals surface area contributed by atoms with Gasteiger partial charge in [0.1, 0.15) is 0 Å². The van der Waals surface area contributed by atoms with Gasteiger partial charge in [0.25, 0.3) is 0 Å². The van der Waals surface area contributed by atoms with Crippen molar-refractivity contribution >= 4 is 5.91 Å². The fraction of sp³-hybridized carbons (Fsp3) is 0.800. The van der Waals surface area contributed by atoms with E-state index in [0.717, 1.165) is 70.3 Å². The molecule has 1 spiro atoms. The molecule has 1 aliphatic carbocycles. The lowest BCUT2D eigenvalue weighted by atomic mass is 9.86. The standard InChI is InChI=1S/C20H33N5O/c1-17-6-9-25(21-17)14-13-23-12-11-22(2)20(16-23)7-5-19(26)24(10-8-20)15-18-3-4-18/h6,9,18H,3-5,7-8,10-16H2,1-2H3. The van der Waals surface area contributed by atoms with Crippen LogP contribution < -0.4 is 0 Å². The summed E-state index contributed by atoms with van der Waals surface area (Å²) in [5.74, 6) is 1.16. The summed E-state index contributed by atoms with van der Waals surface area (Å²) in [6.45, 7) is 9.24. The van der Waals surface area contributed by atoms with Crippen LogP contribution in [0.15, 0.2) is 12.3 Å². The number of nitrogens with zero attached hydrogens (tertiary/aromatic N) is 5. The van der Waals surface area contributed by atoms with Crippen molar-refractivity contribution < 1.29 is 4.79 Å². The molecule has 26 heavy (non-hydrogen) atoms. The van der Waals surface area contributed by atoms with Crippen molar-refractivity contribution in [2.24, 2.45) is 5.92 Å². The zero-order chi connectivity index (χ0) is 18.1. The van der Waals surface area contributed by atoms with Crippen molar-refractivity contribution in [3.8, 4) is 0 Å². The quantitative estimate of drug-likeness (QED) is 0.801. The van der Waals surface area contributed by atoms with Crippen LogP contribution in [-0.4, -0.2) is 82.2 Å². The van der Waals surface area contributed by atoms with E-state index in [1.165, 1.54) is 12.8 Å². The number of carbonyl (C=O) groups is 1. The Morgan fingerprint density at radius 3 is 2.77 bits per heavy atom. The first-order valence-corrected chi connectivity index (χ1v) is 10.3. The van der Waals surface area contributed by atoms with Gasteiger partial charge < -0.3 is 4.90 Å². The molecule has 1 atom stereocenters. The van der Waals surface area contributed by atoms with Crippen LogP contribution >= 0.6 is 0 Å². The summed E-state index contributed by atoms with van der Waals surface area (Å²) >= 11 is 0. The summed E-state index contributed by atoms with van der Waals surface area (Å²) in [4.78, 5) is 19.9. The molecule has 6 nitrogen and oxygen atoms in total. The van der Waals surface area contributed by atoms with Gasteiger partial charge in [0.2, 0.25) is 5.91 Å². The maximum atomic E-state index is 12.6. The first kappa shape index (κ1) is 18.0. The molecule has 1 aromatic heterocycles. The molecule has 0 bridgehead atoms. The predicted octanol–water partition coefficient (Wildman–Crippen LogP) is 1.60. The highest BCUT2D eigenvalue weighted by Crippen LogP contribution is 2.35. The van der Waals surface area contributed by atoms with Crippen molar-refractivity contribution in [3.63, 3.8) is 0 Å².